The van der Waals surface area contributed by atoms with E-state index in [9.17, 15) is 0 Å². The van der Waals surface area contributed by atoms with Crippen LogP contribution < -0.4 is 4.74 Å². The molecule has 3 rings (SSSR count). The van der Waals surface area contributed by atoms with E-state index in [1.54, 1.807) is 12.1 Å². The van der Waals surface area contributed by atoms with Crippen molar-refractivity contribution in [1.82, 2.24) is 4.98 Å². The number of phenols is 1. The predicted octanol–water partition coefficient (Wildman–Crippen LogP) is 4.09. The first-order chi connectivity index (χ1) is 8.70. The van der Waals surface area contributed by atoms with Crippen molar-refractivity contribution in [3.05, 3.63) is 46.9 Å². The van der Waals surface area contributed by atoms with Crippen molar-refractivity contribution >= 4 is 27.0 Å². The normalized spacial score (nSPS) is 10.7. The van der Waals surface area contributed by atoms with E-state index in [1.165, 1.54) is 12.1 Å². The summed E-state index contributed by atoms with van der Waals surface area (Å²) in [5, 5.41) is 9.17. The predicted molar refractivity (Wildman–Crippen MR) is 69.9 cm³/mol. The Morgan fingerprint density at radius 1 is 1.11 bits per heavy atom. The van der Waals surface area contributed by atoms with E-state index in [0.717, 1.165) is 9.99 Å². The van der Waals surface area contributed by atoms with Crippen LogP contribution in [0, 0.1) is 0 Å². The zero-order chi connectivity index (χ0) is 12.5. The summed E-state index contributed by atoms with van der Waals surface area (Å²) < 4.78 is 11.8. The van der Waals surface area contributed by atoms with Crippen molar-refractivity contribution in [3.8, 4) is 17.6 Å². The number of halogens is 1. The molecule has 0 aliphatic carbocycles. The second-order valence-corrected chi connectivity index (χ2v) is 4.60. The number of aromatic nitrogens is 1. The maximum absolute atomic E-state index is 9.17. The Morgan fingerprint density at radius 2 is 1.89 bits per heavy atom. The topological polar surface area (TPSA) is 55.5 Å². The van der Waals surface area contributed by atoms with Gasteiger partial charge < -0.3 is 14.3 Å². The van der Waals surface area contributed by atoms with Crippen molar-refractivity contribution in [1.29, 1.82) is 0 Å². The van der Waals surface area contributed by atoms with E-state index in [1.807, 2.05) is 18.2 Å². The van der Waals surface area contributed by atoms with Crippen molar-refractivity contribution in [3.63, 3.8) is 0 Å². The molecule has 0 fully saturated rings. The van der Waals surface area contributed by atoms with Gasteiger partial charge in [-0.05, 0) is 42.5 Å². The van der Waals surface area contributed by atoms with E-state index in [4.69, 9.17) is 14.3 Å². The Bertz CT molecular complexity index is 691. The molecule has 1 heterocycles. The molecule has 0 radical (unpaired) electrons. The highest BCUT2D eigenvalue weighted by Crippen LogP contribution is 2.27. The number of hydrogen-bond donors (Lipinski definition) is 1. The molecule has 0 saturated carbocycles. The van der Waals surface area contributed by atoms with Gasteiger partial charge in [-0.15, -0.1) is 0 Å². The Hall–Kier alpha value is -2.01. The highest BCUT2D eigenvalue weighted by molar-refractivity contribution is 9.10. The fraction of sp³-hybridized carbons (Fsp3) is 0. The molecule has 0 bridgehead atoms. The number of ether oxygens (including phenoxy) is 1. The minimum absolute atomic E-state index is 0.175. The summed E-state index contributed by atoms with van der Waals surface area (Å²) in [4.78, 5) is 4.20. The number of fused-ring (bicyclic) bond motifs is 1. The van der Waals surface area contributed by atoms with E-state index in [-0.39, 0.29) is 11.8 Å². The maximum Gasteiger partial charge on any atom is 0.400 e. The largest absolute Gasteiger partial charge is 0.508 e. The average molecular weight is 306 g/mol. The minimum atomic E-state index is 0.175. The molecule has 0 unspecified atom stereocenters. The number of rotatable bonds is 2. The summed E-state index contributed by atoms with van der Waals surface area (Å²) in [5.74, 6) is 0.738. The second kappa shape index (κ2) is 4.34. The molecule has 5 heteroatoms. The van der Waals surface area contributed by atoms with Gasteiger partial charge in [0.1, 0.15) is 17.0 Å². The van der Waals surface area contributed by atoms with E-state index in [2.05, 4.69) is 20.9 Å². The lowest BCUT2D eigenvalue weighted by atomic mass is 10.3. The summed E-state index contributed by atoms with van der Waals surface area (Å²) in [6, 6.07) is 11.9. The quantitative estimate of drug-likeness (QED) is 0.775. The van der Waals surface area contributed by atoms with Crippen LogP contribution in [0.3, 0.4) is 0 Å². The summed E-state index contributed by atoms with van der Waals surface area (Å²) in [6.07, 6.45) is 0.175. The van der Waals surface area contributed by atoms with Gasteiger partial charge in [-0.2, -0.15) is 4.98 Å². The standard InChI is InChI=1S/C13H8BrNO3/c14-8-1-6-11-12(7-8)18-13(15-11)17-10-4-2-9(16)3-5-10/h1-7,16H. The number of aromatic hydroxyl groups is 1. The lowest BCUT2D eigenvalue weighted by molar-refractivity contribution is 0.342. The Kier molecular flexibility index (Phi) is 2.68. The summed E-state index contributed by atoms with van der Waals surface area (Å²) in [6.45, 7) is 0. The number of phenolic OH excluding ortho intramolecular Hbond substituents is 1. The van der Waals surface area contributed by atoms with Crippen LogP contribution in [-0.4, -0.2) is 10.1 Å². The first-order valence-electron chi connectivity index (χ1n) is 5.24. The van der Waals surface area contributed by atoms with Gasteiger partial charge in [0.2, 0.25) is 0 Å². The number of nitrogens with zero attached hydrogens (tertiary/aromatic N) is 1. The number of benzene rings is 2. The van der Waals surface area contributed by atoms with E-state index < -0.39 is 0 Å². The number of oxazole rings is 1. The lowest BCUT2D eigenvalue weighted by Gasteiger charge is -1.99. The van der Waals surface area contributed by atoms with Gasteiger partial charge in [0.15, 0.2) is 5.58 Å². The highest BCUT2D eigenvalue weighted by atomic mass is 79.9. The summed E-state index contributed by atoms with van der Waals surface area (Å²) in [7, 11) is 0. The molecular weight excluding hydrogens is 298 g/mol. The molecule has 0 saturated heterocycles. The second-order valence-electron chi connectivity index (χ2n) is 3.69. The van der Waals surface area contributed by atoms with Gasteiger partial charge in [-0.1, -0.05) is 15.9 Å². The van der Waals surface area contributed by atoms with Gasteiger partial charge in [-0.25, -0.2) is 0 Å². The molecule has 0 amide bonds. The minimum Gasteiger partial charge on any atom is -0.508 e. The first kappa shape index (κ1) is 11.1. The monoisotopic (exact) mass is 305 g/mol. The lowest BCUT2D eigenvalue weighted by Crippen LogP contribution is -1.82. The molecule has 18 heavy (non-hydrogen) atoms. The highest BCUT2D eigenvalue weighted by Gasteiger charge is 2.08. The molecule has 3 aromatic rings. The molecule has 4 nitrogen and oxygen atoms in total. The Morgan fingerprint density at radius 3 is 2.67 bits per heavy atom. The summed E-state index contributed by atoms with van der Waals surface area (Å²) >= 11 is 3.36. The molecule has 0 spiro atoms. The van der Waals surface area contributed by atoms with Crippen molar-refractivity contribution in [2.24, 2.45) is 0 Å². The fourth-order valence-electron chi connectivity index (χ4n) is 1.54. The van der Waals surface area contributed by atoms with Crippen LogP contribution in [0.2, 0.25) is 0 Å². The Balaban J connectivity index is 1.92. The van der Waals surface area contributed by atoms with Crippen LogP contribution in [0.15, 0.2) is 51.4 Å². The molecule has 1 N–H and O–H groups in total. The average Bonchev–Trinajstić information content (AvgIpc) is 2.73. The van der Waals surface area contributed by atoms with Crippen LogP contribution in [0.5, 0.6) is 17.6 Å². The van der Waals surface area contributed by atoms with Crippen LogP contribution in [0.25, 0.3) is 11.1 Å². The SMILES string of the molecule is Oc1ccc(Oc2nc3ccc(Br)cc3o2)cc1. The number of hydrogen-bond acceptors (Lipinski definition) is 4. The fourth-order valence-corrected chi connectivity index (χ4v) is 1.88. The van der Waals surface area contributed by atoms with Crippen LogP contribution in [0.4, 0.5) is 0 Å². The smallest absolute Gasteiger partial charge is 0.400 e. The van der Waals surface area contributed by atoms with Gasteiger partial charge in [-0.3, -0.25) is 0 Å². The van der Waals surface area contributed by atoms with Crippen LogP contribution in [-0.2, 0) is 0 Å². The Labute approximate surface area is 111 Å². The molecule has 0 atom stereocenters. The summed E-state index contributed by atoms with van der Waals surface area (Å²) in [5.41, 5.74) is 1.38. The van der Waals surface area contributed by atoms with Gasteiger partial charge in [0.25, 0.3) is 0 Å². The first-order valence-corrected chi connectivity index (χ1v) is 6.03. The third-order valence-electron chi connectivity index (χ3n) is 2.37. The van der Waals surface area contributed by atoms with Crippen molar-refractivity contribution in [2.75, 3.05) is 0 Å². The third-order valence-corrected chi connectivity index (χ3v) is 2.87. The molecule has 1 aromatic heterocycles. The van der Waals surface area contributed by atoms with Gasteiger partial charge in [0, 0.05) is 4.47 Å². The van der Waals surface area contributed by atoms with Crippen LogP contribution in [0.1, 0.15) is 0 Å². The van der Waals surface area contributed by atoms with Crippen LogP contribution >= 0.6 is 15.9 Å². The zero-order valence-electron chi connectivity index (χ0n) is 9.13. The van der Waals surface area contributed by atoms with Crippen molar-refractivity contribution in [2.45, 2.75) is 0 Å². The zero-order valence-corrected chi connectivity index (χ0v) is 10.7. The molecular formula is C13H8BrNO3. The molecule has 2 aromatic carbocycles. The van der Waals surface area contributed by atoms with E-state index >= 15 is 0 Å². The van der Waals surface area contributed by atoms with Crippen molar-refractivity contribution < 1.29 is 14.3 Å². The van der Waals surface area contributed by atoms with Gasteiger partial charge >= 0.3 is 6.08 Å². The maximum atomic E-state index is 9.17. The molecule has 0 aliphatic heterocycles. The van der Waals surface area contributed by atoms with E-state index in [0.29, 0.717) is 11.3 Å². The molecule has 90 valence electrons. The van der Waals surface area contributed by atoms with Gasteiger partial charge in [0.05, 0.1) is 0 Å². The molecule has 0 aliphatic rings. The third kappa shape index (κ3) is 2.17.